The first-order chi connectivity index (χ1) is 7.07. The summed E-state index contributed by atoms with van der Waals surface area (Å²) in [5.41, 5.74) is 0.731. The summed E-state index contributed by atoms with van der Waals surface area (Å²) >= 11 is 11.8. The van der Waals surface area contributed by atoms with Gasteiger partial charge in [-0.2, -0.15) is 0 Å². The predicted octanol–water partition coefficient (Wildman–Crippen LogP) is 2.46. The average molecular weight is 246 g/mol. The lowest BCUT2D eigenvalue weighted by atomic mass is 10.1. The monoisotopic (exact) mass is 245 g/mol. The second-order valence-electron chi connectivity index (χ2n) is 3.28. The number of hydrogen-bond donors (Lipinski definition) is 1. The van der Waals surface area contributed by atoms with Gasteiger partial charge in [0.2, 0.25) is 0 Å². The van der Waals surface area contributed by atoms with E-state index >= 15 is 0 Å². The molecule has 0 fully saturated rings. The molecule has 0 bridgehead atoms. The molecule has 1 N–H and O–H groups in total. The fourth-order valence-electron chi connectivity index (χ4n) is 1.76. The zero-order valence-electron chi connectivity index (χ0n) is 8.00. The van der Waals surface area contributed by atoms with Crippen molar-refractivity contribution in [3.05, 3.63) is 33.3 Å². The molecule has 1 amide bonds. The van der Waals surface area contributed by atoms with E-state index in [2.05, 4.69) is 0 Å². The topological polar surface area (TPSA) is 40.5 Å². The summed E-state index contributed by atoms with van der Waals surface area (Å²) < 4.78 is 0. The molecule has 0 spiro atoms. The molecule has 1 aliphatic rings. The molecule has 2 rings (SSSR count). The molecule has 1 aromatic rings. The molecule has 0 aromatic heterocycles. The second kappa shape index (κ2) is 3.67. The van der Waals surface area contributed by atoms with Crippen LogP contribution in [0.2, 0.25) is 10.0 Å². The molecule has 1 aliphatic heterocycles. The van der Waals surface area contributed by atoms with E-state index in [4.69, 9.17) is 23.2 Å². The molecule has 1 heterocycles. The van der Waals surface area contributed by atoms with Gasteiger partial charge in [0.1, 0.15) is 0 Å². The molecule has 1 unspecified atom stereocenters. The molecule has 80 valence electrons. The third-order valence-corrected chi connectivity index (χ3v) is 3.15. The quantitative estimate of drug-likeness (QED) is 0.826. The highest BCUT2D eigenvalue weighted by atomic mass is 35.5. The molecule has 1 atom stereocenters. The number of aliphatic hydroxyl groups is 1. The summed E-state index contributed by atoms with van der Waals surface area (Å²) in [4.78, 5) is 13.2. The lowest BCUT2D eigenvalue weighted by Gasteiger charge is -2.18. The number of carbonyl (C=O) groups is 1. The van der Waals surface area contributed by atoms with E-state index in [0.29, 0.717) is 27.7 Å². The van der Waals surface area contributed by atoms with E-state index in [1.165, 1.54) is 4.90 Å². The molecular formula is C10H9Cl2NO2. The summed E-state index contributed by atoms with van der Waals surface area (Å²) in [6.07, 6.45) is -0.983. The predicted molar refractivity (Wildman–Crippen MR) is 58.1 cm³/mol. The lowest BCUT2D eigenvalue weighted by molar-refractivity contribution is 0.0203. The summed E-state index contributed by atoms with van der Waals surface area (Å²) in [6, 6.07) is 3.14. The smallest absolute Gasteiger partial charge is 0.258 e. The van der Waals surface area contributed by atoms with Crippen LogP contribution in [-0.2, 0) is 0 Å². The van der Waals surface area contributed by atoms with E-state index in [1.54, 1.807) is 19.1 Å². The first kappa shape index (κ1) is 10.7. The number of hydrogen-bond acceptors (Lipinski definition) is 2. The van der Waals surface area contributed by atoms with Gasteiger partial charge in [-0.3, -0.25) is 4.79 Å². The first-order valence-electron chi connectivity index (χ1n) is 4.54. The Morgan fingerprint density at radius 3 is 2.53 bits per heavy atom. The first-order valence-corrected chi connectivity index (χ1v) is 5.30. The SMILES string of the molecule is CCN1C(=O)c2c(Cl)ccc(Cl)c2C1O. The van der Waals surface area contributed by atoms with Gasteiger partial charge in [-0.15, -0.1) is 0 Å². The van der Waals surface area contributed by atoms with Gasteiger partial charge in [0, 0.05) is 17.1 Å². The number of nitrogens with zero attached hydrogens (tertiary/aromatic N) is 1. The van der Waals surface area contributed by atoms with Crippen molar-refractivity contribution in [2.24, 2.45) is 0 Å². The Hall–Kier alpha value is -0.770. The Morgan fingerprint density at radius 2 is 2.00 bits per heavy atom. The number of benzene rings is 1. The van der Waals surface area contributed by atoms with Crippen LogP contribution in [0.25, 0.3) is 0 Å². The standard InChI is InChI=1S/C10H9Cl2NO2/c1-2-13-9(14)7-5(11)3-4-6(12)8(7)10(13)15/h3-4,9,14H,2H2,1H3. The van der Waals surface area contributed by atoms with Crippen LogP contribution in [0, 0.1) is 0 Å². The minimum absolute atomic E-state index is 0.271. The third-order valence-electron chi connectivity index (χ3n) is 2.51. The lowest BCUT2D eigenvalue weighted by Crippen LogP contribution is -2.27. The van der Waals surface area contributed by atoms with Crippen LogP contribution in [0.1, 0.15) is 29.1 Å². The van der Waals surface area contributed by atoms with Crippen molar-refractivity contribution in [2.45, 2.75) is 13.2 Å². The average Bonchev–Trinajstić information content (AvgIpc) is 2.46. The summed E-state index contributed by atoms with van der Waals surface area (Å²) in [5, 5.41) is 10.6. The molecule has 0 saturated carbocycles. The van der Waals surface area contributed by atoms with E-state index in [9.17, 15) is 9.90 Å². The zero-order valence-corrected chi connectivity index (χ0v) is 9.51. The maximum absolute atomic E-state index is 11.8. The Labute approximate surface area is 97.2 Å². The van der Waals surface area contributed by atoms with Crippen molar-refractivity contribution in [1.29, 1.82) is 0 Å². The maximum atomic E-state index is 11.8. The van der Waals surface area contributed by atoms with Gasteiger partial charge in [0.25, 0.3) is 5.91 Å². The van der Waals surface area contributed by atoms with Crippen molar-refractivity contribution < 1.29 is 9.90 Å². The van der Waals surface area contributed by atoms with Crippen LogP contribution in [0.3, 0.4) is 0 Å². The highest BCUT2D eigenvalue weighted by molar-refractivity contribution is 6.37. The third kappa shape index (κ3) is 1.42. The van der Waals surface area contributed by atoms with Gasteiger partial charge in [0.15, 0.2) is 6.23 Å². The second-order valence-corrected chi connectivity index (χ2v) is 4.10. The van der Waals surface area contributed by atoms with Crippen LogP contribution in [0.15, 0.2) is 12.1 Å². The largest absolute Gasteiger partial charge is 0.369 e. The Balaban J connectivity index is 2.66. The van der Waals surface area contributed by atoms with Gasteiger partial charge in [-0.05, 0) is 19.1 Å². The Bertz CT molecular complexity index is 434. The molecule has 0 radical (unpaired) electrons. The van der Waals surface area contributed by atoms with Crippen LogP contribution < -0.4 is 0 Å². The molecule has 15 heavy (non-hydrogen) atoms. The summed E-state index contributed by atoms with van der Waals surface area (Å²) in [7, 11) is 0. The highest BCUT2D eigenvalue weighted by Gasteiger charge is 2.37. The van der Waals surface area contributed by atoms with Crippen molar-refractivity contribution in [3.63, 3.8) is 0 Å². The van der Waals surface area contributed by atoms with Gasteiger partial charge >= 0.3 is 0 Å². The fourth-order valence-corrected chi connectivity index (χ4v) is 2.27. The van der Waals surface area contributed by atoms with E-state index in [-0.39, 0.29) is 5.91 Å². The van der Waals surface area contributed by atoms with Gasteiger partial charge < -0.3 is 10.0 Å². The van der Waals surface area contributed by atoms with Crippen molar-refractivity contribution in [1.82, 2.24) is 4.90 Å². The minimum atomic E-state index is -0.983. The molecular weight excluding hydrogens is 237 g/mol. The number of rotatable bonds is 1. The highest BCUT2D eigenvalue weighted by Crippen LogP contribution is 2.39. The van der Waals surface area contributed by atoms with Gasteiger partial charge in [-0.25, -0.2) is 0 Å². The van der Waals surface area contributed by atoms with Crippen LogP contribution >= 0.6 is 23.2 Å². The maximum Gasteiger partial charge on any atom is 0.258 e. The van der Waals surface area contributed by atoms with E-state index in [1.807, 2.05) is 0 Å². The normalized spacial score (nSPS) is 19.6. The molecule has 0 aliphatic carbocycles. The molecule has 1 aromatic carbocycles. The Morgan fingerprint density at radius 1 is 1.40 bits per heavy atom. The van der Waals surface area contributed by atoms with Crippen LogP contribution in [0.4, 0.5) is 0 Å². The molecule has 0 saturated heterocycles. The van der Waals surface area contributed by atoms with Crippen LogP contribution in [-0.4, -0.2) is 22.5 Å². The summed E-state index contributed by atoms with van der Waals surface area (Å²) in [6.45, 7) is 2.20. The fraction of sp³-hybridized carbons (Fsp3) is 0.300. The minimum Gasteiger partial charge on any atom is -0.369 e. The van der Waals surface area contributed by atoms with Gasteiger partial charge in [0.05, 0.1) is 10.6 Å². The van der Waals surface area contributed by atoms with Crippen LogP contribution in [0.5, 0.6) is 0 Å². The number of halogens is 2. The van der Waals surface area contributed by atoms with E-state index in [0.717, 1.165) is 0 Å². The van der Waals surface area contributed by atoms with Crippen molar-refractivity contribution in [2.75, 3.05) is 6.54 Å². The molecule has 3 nitrogen and oxygen atoms in total. The summed E-state index contributed by atoms with van der Waals surface area (Å²) in [5.74, 6) is -0.271. The molecule has 5 heteroatoms. The number of amides is 1. The van der Waals surface area contributed by atoms with E-state index < -0.39 is 6.23 Å². The Kier molecular flexibility index (Phi) is 2.63. The number of carbonyl (C=O) groups excluding carboxylic acids is 1. The number of fused-ring (bicyclic) bond motifs is 1. The van der Waals surface area contributed by atoms with Crippen molar-refractivity contribution in [3.8, 4) is 0 Å². The van der Waals surface area contributed by atoms with Gasteiger partial charge in [-0.1, -0.05) is 23.2 Å². The number of aliphatic hydroxyl groups excluding tert-OH is 1. The van der Waals surface area contributed by atoms with Crippen molar-refractivity contribution >= 4 is 29.1 Å². The zero-order chi connectivity index (χ0) is 11.2.